The molecule has 1 heterocycles. The maximum atomic E-state index is 12.8. The first kappa shape index (κ1) is 20.9. The topological polar surface area (TPSA) is 165 Å². The molecule has 2 aromatic rings. The number of rotatable bonds is 8. The van der Waals surface area contributed by atoms with Crippen molar-refractivity contribution in [3.63, 3.8) is 0 Å². The summed E-state index contributed by atoms with van der Waals surface area (Å²) in [5, 5.41) is 22.7. The third-order valence-electron chi connectivity index (χ3n) is 3.94. The second kappa shape index (κ2) is 9.09. The summed E-state index contributed by atoms with van der Waals surface area (Å²) in [6.07, 6.45) is -0.368. The zero-order valence-corrected chi connectivity index (χ0v) is 16.0. The van der Waals surface area contributed by atoms with Crippen LogP contribution in [0.1, 0.15) is 23.7 Å². The second-order valence-corrected chi connectivity index (χ2v) is 7.73. The van der Waals surface area contributed by atoms with Crippen molar-refractivity contribution in [2.24, 2.45) is 25.1 Å². The van der Waals surface area contributed by atoms with E-state index in [1.807, 2.05) is 0 Å². The van der Waals surface area contributed by atoms with E-state index in [0.29, 0.717) is 5.56 Å². The van der Waals surface area contributed by atoms with Gasteiger partial charge in [-0.15, -0.1) is 4.40 Å². The van der Waals surface area contributed by atoms with Gasteiger partial charge in [0.15, 0.2) is 0 Å². The van der Waals surface area contributed by atoms with Crippen molar-refractivity contribution < 1.29 is 22.9 Å². The molecule has 0 N–H and O–H groups in total. The molecular weight excluding hydrogens is 416 g/mol. The van der Waals surface area contributed by atoms with Crippen LogP contribution in [-0.2, 0) is 14.8 Å². The van der Waals surface area contributed by atoms with E-state index in [2.05, 4.69) is 25.1 Å². The summed E-state index contributed by atoms with van der Waals surface area (Å²) >= 11 is 0. The van der Waals surface area contributed by atoms with Gasteiger partial charge in [-0.25, -0.2) is 8.42 Å². The van der Waals surface area contributed by atoms with Gasteiger partial charge >= 0.3 is 11.9 Å². The quantitative estimate of drug-likeness (QED) is 0.269. The molecule has 0 aromatic heterocycles. The van der Waals surface area contributed by atoms with E-state index in [1.165, 1.54) is 24.3 Å². The molecule has 0 radical (unpaired) electrons. The van der Waals surface area contributed by atoms with Crippen LogP contribution in [0.15, 0.2) is 79.7 Å². The minimum atomic E-state index is -4.14. The van der Waals surface area contributed by atoms with Gasteiger partial charge in [0.1, 0.15) is 11.0 Å². The molecule has 12 nitrogen and oxygen atoms in total. The van der Waals surface area contributed by atoms with Gasteiger partial charge in [0.05, 0.1) is 4.92 Å². The highest BCUT2D eigenvalue weighted by molar-refractivity contribution is 7.90. The molecule has 0 amide bonds. The predicted molar refractivity (Wildman–Crippen MR) is 103 cm³/mol. The third kappa shape index (κ3) is 5.35. The summed E-state index contributed by atoms with van der Waals surface area (Å²) in [4.78, 5) is 22.3. The summed E-state index contributed by atoms with van der Waals surface area (Å²) in [7, 11) is -4.14. The lowest BCUT2D eigenvalue weighted by molar-refractivity contribution is -0.384. The van der Waals surface area contributed by atoms with Crippen molar-refractivity contribution in [3.8, 4) is 5.75 Å². The van der Waals surface area contributed by atoms with E-state index in [9.17, 15) is 23.3 Å². The van der Waals surface area contributed by atoms with E-state index in [4.69, 9.17) is 4.74 Å². The molecule has 0 saturated carbocycles. The fourth-order valence-corrected chi connectivity index (χ4v) is 3.92. The molecule has 0 aliphatic carbocycles. The summed E-state index contributed by atoms with van der Waals surface area (Å²) in [6.45, 7) is 0. The number of nitro groups is 1. The maximum absolute atomic E-state index is 12.8. The van der Waals surface area contributed by atoms with Gasteiger partial charge in [0, 0.05) is 18.6 Å². The Kier molecular flexibility index (Phi) is 6.32. The molecule has 0 spiro atoms. The van der Waals surface area contributed by atoms with Gasteiger partial charge in [-0.2, -0.15) is 0 Å². The molecular formula is C17H14N6O6S. The monoisotopic (exact) mass is 430 g/mol. The summed E-state index contributed by atoms with van der Waals surface area (Å²) < 4.78 is 34.2. The van der Waals surface area contributed by atoms with Crippen LogP contribution in [0, 0.1) is 10.1 Å². The van der Waals surface area contributed by atoms with Crippen molar-refractivity contribution in [1.29, 1.82) is 0 Å². The van der Waals surface area contributed by atoms with Crippen molar-refractivity contribution in [2.75, 3.05) is 0 Å². The van der Waals surface area contributed by atoms with Gasteiger partial charge in [0.25, 0.3) is 15.7 Å². The highest BCUT2D eigenvalue weighted by Crippen LogP contribution is 2.30. The fraction of sp³-hybridized carbons (Fsp3) is 0.176. The van der Waals surface area contributed by atoms with Crippen LogP contribution < -0.4 is 4.74 Å². The molecule has 0 bridgehead atoms. The Morgan fingerprint density at radius 3 is 2.30 bits per heavy atom. The molecule has 13 heteroatoms. The van der Waals surface area contributed by atoms with E-state index in [-0.39, 0.29) is 24.3 Å². The van der Waals surface area contributed by atoms with Crippen LogP contribution >= 0.6 is 0 Å². The number of carbonyl (C=O) groups is 1. The number of carbonyl (C=O) groups excluding carboxylic acids is 1. The van der Waals surface area contributed by atoms with Crippen LogP contribution in [0.3, 0.4) is 0 Å². The lowest BCUT2D eigenvalue weighted by Gasteiger charge is -2.14. The minimum Gasteiger partial charge on any atom is -0.427 e. The molecule has 1 atom stereocenters. The van der Waals surface area contributed by atoms with E-state index in [0.717, 1.165) is 0 Å². The summed E-state index contributed by atoms with van der Waals surface area (Å²) in [6, 6.07) is 13.2. The number of benzene rings is 2. The standard InChI is InChI=1S/C17H14N6O6S/c24-16(29-14-8-6-13(7-9-14)23(25)26)11-10-15(12-4-2-1-3-5-12)30(27,28)20-17-18-21-22-19-17/h1-9,15H,10-11H2. The van der Waals surface area contributed by atoms with Crippen LogP contribution in [-0.4, -0.2) is 25.3 Å². The number of guanidine groups is 1. The molecule has 30 heavy (non-hydrogen) atoms. The average Bonchev–Trinajstić information content (AvgIpc) is 3.21. The predicted octanol–water partition coefficient (Wildman–Crippen LogP) is 3.54. The number of non-ortho nitro benzene ring substituents is 1. The molecule has 3 rings (SSSR count). The number of esters is 1. The Morgan fingerprint density at radius 2 is 1.70 bits per heavy atom. The van der Waals surface area contributed by atoms with Gasteiger partial charge < -0.3 is 4.74 Å². The molecule has 1 aliphatic rings. The van der Waals surface area contributed by atoms with Gasteiger partial charge in [-0.1, -0.05) is 40.6 Å². The van der Waals surface area contributed by atoms with E-state index < -0.39 is 32.1 Å². The highest BCUT2D eigenvalue weighted by Gasteiger charge is 2.29. The minimum absolute atomic E-state index is 0.108. The Hall–Kier alpha value is -3.87. The summed E-state index contributed by atoms with van der Waals surface area (Å²) in [5.41, 5.74) is 0.280. The first-order valence-corrected chi connectivity index (χ1v) is 10.0. The molecule has 2 aromatic carbocycles. The highest BCUT2D eigenvalue weighted by atomic mass is 32.2. The lowest BCUT2D eigenvalue weighted by atomic mass is 10.1. The Labute approximate surface area is 170 Å². The van der Waals surface area contributed by atoms with Gasteiger partial charge in [0.2, 0.25) is 0 Å². The maximum Gasteiger partial charge on any atom is 0.311 e. The number of nitro benzene ring substituents is 1. The number of ether oxygens (including phenoxy) is 1. The zero-order valence-electron chi connectivity index (χ0n) is 15.2. The first-order valence-electron chi connectivity index (χ1n) is 8.51. The Balaban J connectivity index is 1.73. The van der Waals surface area contributed by atoms with E-state index in [1.54, 1.807) is 30.3 Å². The van der Waals surface area contributed by atoms with Crippen LogP contribution in [0.5, 0.6) is 5.75 Å². The smallest absolute Gasteiger partial charge is 0.311 e. The first-order chi connectivity index (χ1) is 14.3. The zero-order chi connectivity index (χ0) is 21.6. The number of nitrogens with zero attached hydrogens (tertiary/aromatic N) is 6. The molecule has 154 valence electrons. The lowest BCUT2D eigenvalue weighted by Crippen LogP contribution is -2.16. The van der Waals surface area contributed by atoms with Gasteiger partial charge in [-0.05, 0) is 34.6 Å². The molecule has 0 saturated heterocycles. The third-order valence-corrected chi connectivity index (χ3v) is 5.58. The van der Waals surface area contributed by atoms with E-state index >= 15 is 0 Å². The van der Waals surface area contributed by atoms with Crippen molar-refractivity contribution >= 4 is 27.6 Å². The molecule has 1 aliphatic heterocycles. The van der Waals surface area contributed by atoms with Gasteiger partial charge in [-0.3, -0.25) is 14.9 Å². The van der Waals surface area contributed by atoms with Crippen molar-refractivity contribution in [2.45, 2.75) is 18.1 Å². The average molecular weight is 430 g/mol. The summed E-state index contributed by atoms with van der Waals surface area (Å²) in [5.74, 6) is -0.992. The molecule has 0 fully saturated rings. The largest absolute Gasteiger partial charge is 0.427 e. The number of sulfonamides is 1. The second-order valence-electron chi connectivity index (χ2n) is 5.95. The van der Waals surface area contributed by atoms with Crippen LogP contribution in [0.25, 0.3) is 0 Å². The Morgan fingerprint density at radius 1 is 1.07 bits per heavy atom. The fourth-order valence-electron chi connectivity index (χ4n) is 2.58. The number of hydrogen-bond acceptors (Lipinski definition) is 8. The Bertz CT molecular complexity index is 1120. The SMILES string of the molecule is O=C(CCC(c1ccccc1)S(=O)(=O)N=C1N=NN=N1)Oc1ccc([N+](=O)[O-])cc1. The van der Waals surface area contributed by atoms with Crippen molar-refractivity contribution in [3.05, 3.63) is 70.3 Å². The van der Waals surface area contributed by atoms with Crippen molar-refractivity contribution in [1.82, 2.24) is 0 Å². The number of hydrogen-bond donors (Lipinski definition) is 0. The normalized spacial score (nSPS) is 13.8. The van der Waals surface area contributed by atoms with Crippen LogP contribution in [0.4, 0.5) is 5.69 Å². The molecule has 1 unspecified atom stereocenters. The van der Waals surface area contributed by atoms with Crippen LogP contribution in [0.2, 0.25) is 0 Å².